The van der Waals surface area contributed by atoms with Crippen LogP contribution in [0, 0.1) is 0 Å². The Balaban J connectivity index is 2.16. The van der Waals surface area contributed by atoms with E-state index in [-0.39, 0.29) is 5.43 Å². The van der Waals surface area contributed by atoms with E-state index in [1.165, 1.54) is 11.1 Å². The average molecular weight is 277 g/mol. The van der Waals surface area contributed by atoms with Crippen LogP contribution < -0.4 is 5.43 Å². The van der Waals surface area contributed by atoms with Crippen molar-refractivity contribution in [1.29, 1.82) is 0 Å². The normalized spacial score (nSPS) is 11.2. The molecule has 0 unspecified atom stereocenters. The first kappa shape index (κ1) is 13.6. The number of pyridine rings is 1. The molecule has 2 aromatic carbocycles. The number of fused-ring (bicyclic) bond motifs is 1. The molecule has 1 aromatic heterocycles. The predicted octanol–water partition coefficient (Wildman–Crippen LogP) is 4.24. The lowest BCUT2D eigenvalue weighted by molar-refractivity contribution is 0.827. The molecule has 0 fully saturated rings. The molecule has 0 saturated carbocycles. The molecule has 0 atom stereocenters. The molecule has 106 valence electrons. The Kier molecular flexibility index (Phi) is 3.61. The number of aromatic amines is 1. The Bertz CT molecular complexity index is 816. The quantitative estimate of drug-likeness (QED) is 0.763. The van der Waals surface area contributed by atoms with Crippen LogP contribution in [-0.2, 0) is 6.42 Å². The van der Waals surface area contributed by atoms with Crippen LogP contribution >= 0.6 is 0 Å². The Morgan fingerprint density at radius 2 is 1.76 bits per heavy atom. The molecule has 0 aliphatic rings. The van der Waals surface area contributed by atoms with Gasteiger partial charge < -0.3 is 4.98 Å². The van der Waals surface area contributed by atoms with E-state index in [4.69, 9.17) is 0 Å². The Morgan fingerprint density at radius 1 is 1.00 bits per heavy atom. The second-order valence-electron chi connectivity index (χ2n) is 5.75. The summed E-state index contributed by atoms with van der Waals surface area (Å²) in [6.45, 7) is 4.19. The molecule has 0 aliphatic carbocycles. The molecule has 2 nitrogen and oxygen atoms in total. The number of H-pyrrole nitrogens is 1. The van der Waals surface area contributed by atoms with Gasteiger partial charge in [-0.2, -0.15) is 0 Å². The highest BCUT2D eigenvalue weighted by atomic mass is 16.1. The molecule has 0 radical (unpaired) electrons. The van der Waals surface area contributed by atoms with E-state index in [1.807, 2.05) is 30.3 Å². The summed E-state index contributed by atoms with van der Waals surface area (Å²) in [4.78, 5) is 15.7. The topological polar surface area (TPSA) is 32.9 Å². The largest absolute Gasteiger partial charge is 0.358 e. The first-order chi connectivity index (χ1) is 10.1. The maximum atomic E-state index is 12.3. The zero-order valence-electron chi connectivity index (χ0n) is 12.4. The van der Waals surface area contributed by atoms with Crippen molar-refractivity contribution in [2.75, 3.05) is 0 Å². The van der Waals surface area contributed by atoms with Gasteiger partial charge in [0.25, 0.3) is 0 Å². The van der Waals surface area contributed by atoms with Gasteiger partial charge >= 0.3 is 0 Å². The number of hydrogen-bond acceptors (Lipinski definition) is 1. The molecule has 0 amide bonds. The molecule has 1 heterocycles. The van der Waals surface area contributed by atoms with Gasteiger partial charge in [0.2, 0.25) is 0 Å². The molecule has 3 aromatic rings. The molecular formula is C19H19NO. The van der Waals surface area contributed by atoms with Gasteiger partial charge in [-0.25, -0.2) is 0 Å². The maximum Gasteiger partial charge on any atom is 0.189 e. The van der Waals surface area contributed by atoms with E-state index in [0.29, 0.717) is 5.92 Å². The minimum absolute atomic E-state index is 0.0994. The highest BCUT2D eigenvalue weighted by Gasteiger charge is 2.09. The standard InChI is InChI=1S/C19H19NO/c1-13(2)17-12-18(21)16-10-6-9-15(19(16)20-17)11-14-7-4-3-5-8-14/h3-10,12-13H,11H2,1-2H3,(H,20,21). The van der Waals surface area contributed by atoms with Crippen molar-refractivity contribution in [2.24, 2.45) is 0 Å². The smallest absolute Gasteiger partial charge is 0.189 e. The second-order valence-corrected chi connectivity index (χ2v) is 5.75. The highest BCUT2D eigenvalue weighted by Crippen LogP contribution is 2.20. The van der Waals surface area contributed by atoms with Gasteiger partial charge in [0.05, 0.1) is 5.52 Å². The van der Waals surface area contributed by atoms with Crippen molar-refractivity contribution >= 4 is 10.9 Å². The van der Waals surface area contributed by atoms with Crippen LogP contribution in [0.15, 0.2) is 59.4 Å². The van der Waals surface area contributed by atoms with Gasteiger partial charge in [0, 0.05) is 17.1 Å². The van der Waals surface area contributed by atoms with Crippen molar-refractivity contribution in [3.63, 3.8) is 0 Å². The van der Waals surface area contributed by atoms with Gasteiger partial charge in [-0.15, -0.1) is 0 Å². The molecule has 1 N–H and O–H groups in total. The Hall–Kier alpha value is -2.35. The molecule has 0 aliphatic heterocycles. The zero-order chi connectivity index (χ0) is 14.8. The zero-order valence-corrected chi connectivity index (χ0v) is 12.4. The van der Waals surface area contributed by atoms with Crippen LogP contribution in [0.25, 0.3) is 10.9 Å². The summed E-state index contributed by atoms with van der Waals surface area (Å²) in [6, 6.07) is 18.0. The lowest BCUT2D eigenvalue weighted by Gasteiger charge is -2.11. The summed E-state index contributed by atoms with van der Waals surface area (Å²) < 4.78 is 0. The van der Waals surface area contributed by atoms with Gasteiger partial charge in [0.1, 0.15) is 0 Å². The number of para-hydroxylation sites is 1. The van der Waals surface area contributed by atoms with E-state index in [9.17, 15) is 4.79 Å². The first-order valence-corrected chi connectivity index (χ1v) is 7.34. The minimum atomic E-state index is 0.0994. The van der Waals surface area contributed by atoms with Crippen LogP contribution in [0.5, 0.6) is 0 Å². The molecule has 2 heteroatoms. The summed E-state index contributed by atoms with van der Waals surface area (Å²) in [6.07, 6.45) is 0.829. The highest BCUT2D eigenvalue weighted by molar-refractivity contribution is 5.82. The summed E-state index contributed by atoms with van der Waals surface area (Å²) >= 11 is 0. The van der Waals surface area contributed by atoms with E-state index in [0.717, 1.165) is 23.0 Å². The molecule has 3 rings (SSSR count). The predicted molar refractivity (Wildman–Crippen MR) is 87.9 cm³/mol. The number of hydrogen-bond donors (Lipinski definition) is 1. The lowest BCUT2D eigenvalue weighted by Crippen LogP contribution is -2.08. The Morgan fingerprint density at radius 3 is 2.48 bits per heavy atom. The first-order valence-electron chi connectivity index (χ1n) is 7.34. The van der Waals surface area contributed by atoms with Crippen LogP contribution in [0.2, 0.25) is 0 Å². The van der Waals surface area contributed by atoms with Crippen LogP contribution in [0.3, 0.4) is 0 Å². The van der Waals surface area contributed by atoms with E-state index >= 15 is 0 Å². The third kappa shape index (κ3) is 2.75. The fourth-order valence-electron chi connectivity index (χ4n) is 2.63. The van der Waals surface area contributed by atoms with Gasteiger partial charge in [-0.3, -0.25) is 4.79 Å². The fraction of sp³-hybridized carbons (Fsp3) is 0.211. The Labute approximate surface area is 124 Å². The van der Waals surface area contributed by atoms with E-state index in [1.54, 1.807) is 6.07 Å². The molecule has 0 bridgehead atoms. The van der Waals surface area contributed by atoms with Gasteiger partial charge in [-0.1, -0.05) is 56.3 Å². The number of aromatic nitrogens is 1. The van der Waals surface area contributed by atoms with Crippen molar-refractivity contribution in [2.45, 2.75) is 26.2 Å². The van der Waals surface area contributed by atoms with Crippen molar-refractivity contribution in [3.8, 4) is 0 Å². The van der Waals surface area contributed by atoms with Gasteiger partial charge in [0.15, 0.2) is 5.43 Å². The third-order valence-electron chi connectivity index (χ3n) is 3.83. The van der Waals surface area contributed by atoms with E-state index < -0.39 is 0 Å². The van der Waals surface area contributed by atoms with Crippen molar-refractivity contribution in [1.82, 2.24) is 4.98 Å². The monoisotopic (exact) mass is 277 g/mol. The molecule has 0 saturated heterocycles. The van der Waals surface area contributed by atoms with Crippen molar-refractivity contribution < 1.29 is 0 Å². The average Bonchev–Trinajstić information content (AvgIpc) is 2.49. The lowest BCUT2D eigenvalue weighted by atomic mass is 10.0. The molecular weight excluding hydrogens is 258 g/mol. The van der Waals surface area contributed by atoms with Gasteiger partial charge in [-0.05, 0) is 29.5 Å². The fourth-order valence-corrected chi connectivity index (χ4v) is 2.63. The van der Waals surface area contributed by atoms with Crippen molar-refractivity contribution in [3.05, 3.63) is 81.6 Å². The summed E-state index contributed by atoms with van der Waals surface area (Å²) in [5.41, 5.74) is 4.48. The molecule has 0 spiro atoms. The van der Waals surface area contributed by atoms with Crippen LogP contribution in [0.4, 0.5) is 0 Å². The minimum Gasteiger partial charge on any atom is -0.358 e. The number of nitrogens with one attached hydrogen (secondary N) is 1. The SMILES string of the molecule is CC(C)c1cc(=O)c2cccc(Cc3ccccc3)c2[nH]1. The summed E-state index contributed by atoms with van der Waals surface area (Å²) in [7, 11) is 0. The second kappa shape index (κ2) is 5.57. The maximum absolute atomic E-state index is 12.3. The van der Waals surface area contributed by atoms with Crippen LogP contribution in [0.1, 0.15) is 36.6 Å². The molecule has 21 heavy (non-hydrogen) atoms. The third-order valence-corrected chi connectivity index (χ3v) is 3.83. The summed E-state index contributed by atoms with van der Waals surface area (Å²) in [5, 5.41) is 0.771. The summed E-state index contributed by atoms with van der Waals surface area (Å²) in [5.74, 6) is 0.312. The van der Waals surface area contributed by atoms with Crippen LogP contribution in [-0.4, -0.2) is 4.98 Å². The number of benzene rings is 2. The van der Waals surface area contributed by atoms with E-state index in [2.05, 4.69) is 37.0 Å². The number of rotatable bonds is 3.